The van der Waals surface area contributed by atoms with E-state index in [1.165, 1.54) is 17.1 Å². The summed E-state index contributed by atoms with van der Waals surface area (Å²) < 4.78 is 9.52. The first kappa shape index (κ1) is 16.6. The van der Waals surface area contributed by atoms with Crippen molar-refractivity contribution < 1.29 is 9.53 Å². The normalized spacial score (nSPS) is 14.2. The molecule has 2 N–H and O–H groups in total. The predicted molar refractivity (Wildman–Crippen MR) is 97.3 cm³/mol. The van der Waals surface area contributed by atoms with Crippen LogP contribution in [0.3, 0.4) is 0 Å². The van der Waals surface area contributed by atoms with Crippen LogP contribution in [0.2, 0.25) is 0 Å². The van der Waals surface area contributed by atoms with Crippen LogP contribution in [-0.2, 0) is 6.42 Å². The number of aromatic nitrogens is 1. The summed E-state index contributed by atoms with van der Waals surface area (Å²) in [5, 5.41) is 8.33. The molecular weight excluding hydrogens is 324 g/mol. The SMILES string of the molecule is CCNC(=O)N1CCc2ccc(NC(C)c3csnc3OC)cc21. The largest absolute Gasteiger partial charge is 0.480 e. The fourth-order valence-corrected chi connectivity index (χ4v) is 3.68. The molecule has 1 aliphatic rings. The Morgan fingerprint density at radius 3 is 3.08 bits per heavy atom. The quantitative estimate of drug-likeness (QED) is 0.871. The second-order valence-corrected chi connectivity index (χ2v) is 6.35. The van der Waals surface area contributed by atoms with E-state index in [2.05, 4.69) is 34.1 Å². The monoisotopic (exact) mass is 346 g/mol. The zero-order chi connectivity index (χ0) is 17.1. The Labute approximate surface area is 146 Å². The van der Waals surface area contributed by atoms with Crippen LogP contribution < -0.4 is 20.3 Å². The van der Waals surface area contributed by atoms with E-state index in [0.717, 1.165) is 29.9 Å². The van der Waals surface area contributed by atoms with E-state index < -0.39 is 0 Å². The standard InChI is InChI=1S/C17H22N4O2S/c1-4-18-17(22)21-8-7-12-5-6-13(9-15(12)21)19-11(2)14-10-24-20-16(14)23-3/h5-6,9-11,19H,4,7-8H2,1-3H3,(H,18,22). The van der Waals surface area contributed by atoms with Gasteiger partial charge < -0.3 is 15.4 Å². The fraction of sp³-hybridized carbons (Fsp3) is 0.412. The summed E-state index contributed by atoms with van der Waals surface area (Å²) in [4.78, 5) is 14.0. The highest BCUT2D eigenvalue weighted by atomic mass is 32.1. The lowest BCUT2D eigenvalue weighted by atomic mass is 10.1. The van der Waals surface area contributed by atoms with Crippen molar-refractivity contribution in [3.63, 3.8) is 0 Å². The van der Waals surface area contributed by atoms with Crippen LogP contribution in [0.4, 0.5) is 16.2 Å². The lowest BCUT2D eigenvalue weighted by Crippen LogP contribution is -2.38. The molecule has 1 aromatic heterocycles. The summed E-state index contributed by atoms with van der Waals surface area (Å²) in [5.74, 6) is 0.658. The number of nitrogens with one attached hydrogen (secondary N) is 2. The molecule has 24 heavy (non-hydrogen) atoms. The molecule has 0 spiro atoms. The maximum absolute atomic E-state index is 12.2. The molecule has 0 bridgehead atoms. The van der Waals surface area contributed by atoms with Crippen LogP contribution in [0, 0.1) is 0 Å². The van der Waals surface area contributed by atoms with Gasteiger partial charge in [0.05, 0.1) is 18.8 Å². The summed E-state index contributed by atoms with van der Waals surface area (Å²) in [6, 6.07) is 6.22. The molecule has 0 aliphatic carbocycles. The summed E-state index contributed by atoms with van der Waals surface area (Å²) in [7, 11) is 1.63. The van der Waals surface area contributed by atoms with Crippen LogP contribution in [0.15, 0.2) is 23.6 Å². The number of carbonyl (C=O) groups excluding carboxylic acids is 1. The fourth-order valence-electron chi connectivity index (χ4n) is 2.93. The number of hydrogen-bond acceptors (Lipinski definition) is 5. The highest BCUT2D eigenvalue weighted by molar-refractivity contribution is 7.03. The van der Waals surface area contributed by atoms with Crippen molar-refractivity contribution in [1.29, 1.82) is 0 Å². The van der Waals surface area contributed by atoms with Gasteiger partial charge in [-0.1, -0.05) is 6.07 Å². The predicted octanol–water partition coefficient (Wildman–Crippen LogP) is 3.42. The summed E-state index contributed by atoms with van der Waals surface area (Å²) in [6.45, 7) is 5.35. The number of nitrogens with zero attached hydrogens (tertiary/aromatic N) is 2. The van der Waals surface area contributed by atoms with Gasteiger partial charge in [0.25, 0.3) is 0 Å². The third kappa shape index (κ3) is 3.17. The minimum absolute atomic E-state index is 0.0369. The van der Waals surface area contributed by atoms with E-state index in [0.29, 0.717) is 12.4 Å². The van der Waals surface area contributed by atoms with Crippen molar-refractivity contribution in [2.75, 3.05) is 30.4 Å². The van der Waals surface area contributed by atoms with Gasteiger partial charge in [0, 0.05) is 29.7 Å². The van der Waals surface area contributed by atoms with Gasteiger partial charge in [0.2, 0.25) is 5.88 Å². The van der Waals surface area contributed by atoms with Crippen molar-refractivity contribution in [3.05, 3.63) is 34.7 Å². The number of methoxy groups -OCH3 is 1. The molecule has 1 aliphatic heterocycles. The molecule has 2 aromatic rings. The maximum atomic E-state index is 12.2. The smallest absolute Gasteiger partial charge is 0.321 e. The molecule has 1 atom stereocenters. The number of ether oxygens (including phenoxy) is 1. The van der Waals surface area contributed by atoms with Gasteiger partial charge in [-0.25, -0.2) is 4.79 Å². The molecule has 128 valence electrons. The van der Waals surface area contributed by atoms with Crippen LogP contribution in [0.25, 0.3) is 0 Å². The number of hydrogen-bond donors (Lipinski definition) is 2. The van der Waals surface area contributed by atoms with E-state index in [4.69, 9.17) is 4.74 Å². The van der Waals surface area contributed by atoms with E-state index in [1.54, 1.807) is 12.0 Å². The van der Waals surface area contributed by atoms with Gasteiger partial charge in [0.15, 0.2) is 0 Å². The number of rotatable bonds is 5. The van der Waals surface area contributed by atoms with Gasteiger partial charge in [-0.15, -0.1) is 0 Å². The van der Waals surface area contributed by atoms with Crippen LogP contribution in [-0.4, -0.2) is 30.6 Å². The minimum atomic E-state index is -0.0369. The van der Waals surface area contributed by atoms with Gasteiger partial charge in [-0.05, 0) is 49.5 Å². The van der Waals surface area contributed by atoms with Crippen LogP contribution in [0.1, 0.15) is 31.0 Å². The number of carbonyl (C=O) groups is 1. The van der Waals surface area contributed by atoms with Gasteiger partial charge in [-0.2, -0.15) is 4.37 Å². The molecule has 0 fully saturated rings. The average Bonchev–Trinajstić information content (AvgIpc) is 3.21. The molecular formula is C17H22N4O2S. The number of amides is 2. The second-order valence-electron chi connectivity index (χ2n) is 5.73. The molecule has 6 nitrogen and oxygen atoms in total. The molecule has 0 radical (unpaired) electrons. The molecule has 2 heterocycles. The highest BCUT2D eigenvalue weighted by Gasteiger charge is 2.25. The molecule has 3 rings (SSSR count). The molecule has 1 unspecified atom stereocenters. The molecule has 0 saturated carbocycles. The number of anilines is 2. The zero-order valence-corrected chi connectivity index (χ0v) is 14.9. The lowest BCUT2D eigenvalue weighted by Gasteiger charge is -2.20. The van der Waals surface area contributed by atoms with E-state index >= 15 is 0 Å². The number of fused-ring (bicyclic) bond motifs is 1. The Bertz CT molecular complexity index is 731. The second kappa shape index (κ2) is 7.09. The summed E-state index contributed by atoms with van der Waals surface area (Å²) in [5.41, 5.74) is 4.19. The number of urea groups is 1. The summed E-state index contributed by atoms with van der Waals surface area (Å²) in [6.07, 6.45) is 0.893. The van der Waals surface area contributed by atoms with Crippen molar-refractivity contribution in [3.8, 4) is 5.88 Å². The van der Waals surface area contributed by atoms with Crippen molar-refractivity contribution in [1.82, 2.24) is 9.69 Å². The van der Waals surface area contributed by atoms with E-state index in [1.807, 2.05) is 18.4 Å². The van der Waals surface area contributed by atoms with E-state index in [-0.39, 0.29) is 12.1 Å². The van der Waals surface area contributed by atoms with Gasteiger partial charge >= 0.3 is 6.03 Å². The first-order chi connectivity index (χ1) is 11.6. The topological polar surface area (TPSA) is 66.5 Å². The Balaban J connectivity index is 1.79. The summed E-state index contributed by atoms with van der Waals surface area (Å²) >= 11 is 1.38. The van der Waals surface area contributed by atoms with Crippen LogP contribution in [0.5, 0.6) is 5.88 Å². The van der Waals surface area contributed by atoms with E-state index in [9.17, 15) is 4.79 Å². The zero-order valence-electron chi connectivity index (χ0n) is 14.1. The van der Waals surface area contributed by atoms with Crippen molar-refractivity contribution in [2.45, 2.75) is 26.3 Å². The Morgan fingerprint density at radius 1 is 1.50 bits per heavy atom. The Hall–Kier alpha value is -2.28. The lowest BCUT2D eigenvalue weighted by molar-refractivity contribution is 0.247. The molecule has 2 amide bonds. The van der Waals surface area contributed by atoms with Gasteiger partial charge in [0.1, 0.15) is 0 Å². The minimum Gasteiger partial charge on any atom is -0.480 e. The average molecular weight is 346 g/mol. The molecule has 7 heteroatoms. The van der Waals surface area contributed by atoms with Crippen molar-refractivity contribution >= 4 is 28.9 Å². The Morgan fingerprint density at radius 2 is 2.33 bits per heavy atom. The first-order valence-electron chi connectivity index (χ1n) is 8.07. The third-order valence-electron chi connectivity index (χ3n) is 4.16. The van der Waals surface area contributed by atoms with Crippen molar-refractivity contribution in [2.24, 2.45) is 0 Å². The van der Waals surface area contributed by atoms with Crippen LogP contribution >= 0.6 is 11.5 Å². The maximum Gasteiger partial charge on any atom is 0.321 e. The van der Waals surface area contributed by atoms with Gasteiger partial charge in [-0.3, -0.25) is 4.90 Å². The number of benzene rings is 1. The first-order valence-corrected chi connectivity index (χ1v) is 8.90. The molecule has 1 aromatic carbocycles. The molecule has 0 saturated heterocycles. The highest BCUT2D eigenvalue weighted by Crippen LogP contribution is 2.33. The Kier molecular flexibility index (Phi) is 4.89. The third-order valence-corrected chi connectivity index (χ3v) is 4.79.